The summed E-state index contributed by atoms with van der Waals surface area (Å²) >= 11 is 0. The number of para-hydroxylation sites is 1. The zero-order valence-electron chi connectivity index (χ0n) is 25.1. The highest BCUT2D eigenvalue weighted by Crippen LogP contribution is 2.43. The van der Waals surface area contributed by atoms with E-state index in [9.17, 15) is 0 Å². The molecule has 0 fully saturated rings. The van der Waals surface area contributed by atoms with E-state index in [-0.39, 0.29) is 0 Å². The largest absolute Gasteiger partial charge is 0.248 e. The Bertz CT molecular complexity index is 2510. The van der Waals surface area contributed by atoms with E-state index in [4.69, 9.17) is 9.97 Å². The first kappa shape index (κ1) is 26.3. The van der Waals surface area contributed by atoms with Gasteiger partial charge in [0.05, 0.1) is 22.6 Å². The standard InChI is InChI=1S/C44H28N2/c1-3-14-29(15-4-1)33-27-40(30-16-5-2-6-17-30)45-41(28-33)31-18-13-19-32(26-31)44-43-37-23-10-8-21-35(37)34-20-7-9-22-36(34)42(43)38-24-11-12-25-39(38)46-44/h1-28H. The summed E-state index contributed by atoms with van der Waals surface area (Å²) in [5.74, 6) is 0. The average molecular weight is 585 g/mol. The number of nitrogens with zero attached hydrogens (tertiary/aromatic N) is 2. The summed E-state index contributed by atoms with van der Waals surface area (Å²) in [6, 6.07) is 60.1. The molecule has 46 heavy (non-hydrogen) atoms. The Balaban J connectivity index is 1.33. The molecule has 0 bridgehead atoms. The number of aromatic nitrogens is 2. The predicted octanol–water partition coefficient (Wildman–Crippen LogP) is 11.8. The van der Waals surface area contributed by atoms with Crippen LogP contribution in [-0.2, 0) is 0 Å². The van der Waals surface area contributed by atoms with E-state index in [0.717, 1.165) is 44.9 Å². The van der Waals surface area contributed by atoms with E-state index in [1.54, 1.807) is 0 Å². The zero-order chi connectivity index (χ0) is 30.5. The lowest BCUT2D eigenvalue weighted by Gasteiger charge is -2.17. The van der Waals surface area contributed by atoms with Crippen molar-refractivity contribution in [1.82, 2.24) is 9.97 Å². The first-order valence-corrected chi connectivity index (χ1v) is 15.7. The maximum absolute atomic E-state index is 5.38. The Labute approximate surface area is 267 Å². The molecule has 0 saturated carbocycles. The molecule has 2 heteroatoms. The molecule has 2 aromatic heterocycles. The molecule has 0 unspecified atom stereocenters. The summed E-state index contributed by atoms with van der Waals surface area (Å²) in [4.78, 5) is 10.6. The number of rotatable bonds is 4. The SMILES string of the molecule is c1ccc(-c2cc(-c3ccccc3)nc(-c3cccc(-c4nc5ccccc5c5c6ccccc6c6ccccc6c45)c3)c2)cc1. The monoisotopic (exact) mass is 584 g/mol. The second-order valence-electron chi connectivity index (χ2n) is 11.8. The lowest BCUT2D eigenvalue weighted by atomic mass is 9.89. The molecule has 0 aliphatic rings. The normalized spacial score (nSPS) is 11.5. The minimum absolute atomic E-state index is 0.933. The third-order valence-corrected chi connectivity index (χ3v) is 9.01. The van der Waals surface area contributed by atoms with Crippen molar-refractivity contribution in [3.05, 3.63) is 170 Å². The molecule has 0 atom stereocenters. The van der Waals surface area contributed by atoms with E-state index in [2.05, 4.69) is 164 Å². The molecule has 214 valence electrons. The molecule has 0 saturated heterocycles. The van der Waals surface area contributed by atoms with E-state index < -0.39 is 0 Å². The van der Waals surface area contributed by atoms with Gasteiger partial charge in [-0.1, -0.05) is 146 Å². The predicted molar refractivity (Wildman–Crippen MR) is 194 cm³/mol. The van der Waals surface area contributed by atoms with Gasteiger partial charge in [-0.15, -0.1) is 0 Å². The van der Waals surface area contributed by atoms with Gasteiger partial charge in [-0.2, -0.15) is 0 Å². The van der Waals surface area contributed by atoms with Crippen LogP contribution in [0.15, 0.2) is 170 Å². The number of fused-ring (bicyclic) bond motifs is 8. The third-order valence-electron chi connectivity index (χ3n) is 9.01. The summed E-state index contributed by atoms with van der Waals surface area (Å²) in [6.45, 7) is 0. The lowest BCUT2D eigenvalue weighted by Crippen LogP contribution is -1.94. The summed E-state index contributed by atoms with van der Waals surface area (Å²) in [6.07, 6.45) is 0. The Kier molecular flexibility index (Phi) is 6.17. The molecule has 0 radical (unpaired) electrons. The second kappa shape index (κ2) is 10.8. The molecule has 0 N–H and O–H groups in total. The van der Waals surface area contributed by atoms with Gasteiger partial charge in [0.15, 0.2) is 0 Å². The van der Waals surface area contributed by atoms with Gasteiger partial charge < -0.3 is 0 Å². The number of benzene rings is 7. The van der Waals surface area contributed by atoms with Crippen LogP contribution in [0.25, 0.3) is 88.1 Å². The van der Waals surface area contributed by atoms with E-state index >= 15 is 0 Å². The van der Waals surface area contributed by atoms with Crippen LogP contribution < -0.4 is 0 Å². The van der Waals surface area contributed by atoms with Gasteiger partial charge in [0.2, 0.25) is 0 Å². The van der Waals surface area contributed by atoms with Crippen molar-refractivity contribution in [2.75, 3.05) is 0 Å². The fourth-order valence-electron chi connectivity index (χ4n) is 6.89. The van der Waals surface area contributed by atoms with Crippen LogP contribution in [0.2, 0.25) is 0 Å². The van der Waals surface area contributed by atoms with Crippen LogP contribution in [0, 0.1) is 0 Å². The van der Waals surface area contributed by atoms with Gasteiger partial charge >= 0.3 is 0 Å². The molecule has 0 amide bonds. The second-order valence-corrected chi connectivity index (χ2v) is 11.8. The summed E-state index contributed by atoms with van der Waals surface area (Å²) < 4.78 is 0. The number of hydrogen-bond donors (Lipinski definition) is 0. The molecule has 2 heterocycles. The van der Waals surface area contributed by atoms with Crippen molar-refractivity contribution in [2.45, 2.75) is 0 Å². The molecular weight excluding hydrogens is 556 g/mol. The highest BCUT2D eigenvalue weighted by molar-refractivity contribution is 6.33. The molecule has 7 aromatic carbocycles. The van der Waals surface area contributed by atoms with Gasteiger partial charge in [-0.25, -0.2) is 9.97 Å². The Morgan fingerprint density at radius 1 is 0.283 bits per heavy atom. The molecule has 9 rings (SSSR count). The minimum atomic E-state index is 0.933. The maximum Gasteiger partial charge on any atom is 0.0794 e. The molecular formula is C44H28N2. The van der Waals surface area contributed by atoms with Gasteiger partial charge in [0.25, 0.3) is 0 Å². The fraction of sp³-hybridized carbons (Fsp3) is 0. The summed E-state index contributed by atoms with van der Waals surface area (Å²) in [5, 5.41) is 8.56. The van der Waals surface area contributed by atoms with Crippen LogP contribution in [-0.4, -0.2) is 9.97 Å². The van der Waals surface area contributed by atoms with Gasteiger partial charge in [0.1, 0.15) is 0 Å². The average Bonchev–Trinajstić information content (AvgIpc) is 3.15. The van der Waals surface area contributed by atoms with Crippen LogP contribution >= 0.6 is 0 Å². The zero-order valence-corrected chi connectivity index (χ0v) is 25.1. The number of hydrogen-bond acceptors (Lipinski definition) is 2. The fourth-order valence-corrected chi connectivity index (χ4v) is 6.89. The third kappa shape index (κ3) is 4.35. The molecule has 2 nitrogen and oxygen atoms in total. The van der Waals surface area contributed by atoms with Crippen molar-refractivity contribution in [2.24, 2.45) is 0 Å². The Morgan fingerprint density at radius 3 is 1.48 bits per heavy atom. The van der Waals surface area contributed by atoms with E-state index in [1.165, 1.54) is 43.3 Å². The molecule has 0 spiro atoms. The minimum Gasteiger partial charge on any atom is -0.248 e. The number of pyridine rings is 2. The van der Waals surface area contributed by atoms with Gasteiger partial charge in [-0.3, -0.25) is 0 Å². The Hall–Kier alpha value is -6.12. The van der Waals surface area contributed by atoms with Crippen molar-refractivity contribution in [3.8, 4) is 44.9 Å². The van der Waals surface area contributed by atoms with Crippen LogP contribution in [0.3, 0.4) is 0 Å². The van der Waals surface area contributed by atoms with Crippen molar-refractivity contribution in [3.63, 3.8) is 0 Å². The van der Waals surface area contributed by atoms with Crippen molar-refractivity contribution < 1.29 is 0 Å². The van der Waals surface area contributed by atoms with E-state index in [1.807, 2.05) is 6.07 Å². The molecule has 9 aromatic rings. The smallest absolute Gasteiger partial charge is 0.0794 e. The highest BCUT2D eigenvalue weighted by Gasteiger charge is 2.18. The summed E-state index contributed by atoms with van der Waals surface area (Å²) in [5.41, 5.74) is 9.39. The van der Waals surface area contributed by atoms with Crippen molar-refractivity contribution in [1.29, 1.82) is 0 Å². The first-order chi connectivity index (χ1) is 22.8. The first-order valence-electron chi connectivity index (χ1n) is 15.7. The summed E-state index contributed by atoms with van der Waals surface area (Å²) in [7, 11) is 0. The van der Waals surface area contributed by atoms with Crippen LogP contribution in [0.5, 0.6) is 0 Å². The topological polar surface area (TPSA) is 25.8 Å². The van der Waals surface area contributed by atoms with Crippen molar-refractivity contribution >= 4 is 43.2 Å². The highest BCUT2D eigenvalue weighted by atomic mass is 14.7. The Morgan fingerprint density at radius 2 is 0.783 bits per heavy atom. The van der Waals surface area contributed by atoms with Crippen LogP contribution in [0.1, 0.15) is 0 Å². The lowest BCUT2D eigenvalue weighted by molar-refractivity contribution is 1.32. The van der Waals surface area contributed by atoms with Gasteiger partial charge in [0, 0.05) is 32.8 Å². The van der Waals surface area contributed by atoms with Gasteiger partial charge in [-0.05, 0) is 56.9 Å². The quantitative estimate of drug-likeness (QED) is 0.192. The van der Waals surface area contributed by atoms with Crippen LogP contribution in [0.4, 0.5) is 0 Å². The van der Waals surface area contributed by atoms with E-state index in [0.29, 0.717) is 0 Å². The molecule has 0 aliphatic heterocycles. The molecule has 0 aliphatic carbocycles. The maximum atomic E-state index is 5.38.